The van der Waals surface area contributed by atoms with Crippen molar-refractivity contribution in [3.63, 3.8) is 0 Å². The van der Waals surface area contributed by atoms with Crippen LogP contribution in [0.5, 0.6) is 11.5 Å². The van der Waals surface area contributed by atoms with Crippen LogP contribution in [0.4, 0.5) is 5.13 Å². The Morgan fingerprint density at radius 2 is 2.06 bits per heavy atom. The predicted octanol–water partition coefficient (Wildman–Crippen LogP) is 3.57. The average molecular weight is 524 g/mol. The number of amides is 1. The maximum absolute atomic E-state index is 12.6. The molecule has 0 unspecified atom stereocenters. The van der Waals surface area contributed by atoms with E-state index in [0.717, 1.165) is 10.0 Å². The van der Waals surface area contributed by atoms with E-state index >= 15 is 0 Å². The number of anilines is 1. The van der Waals surface area contributed by atoms with Gasteiger partial charge in [0.1, 0.15) is 28.3 Å². The van der Waals surface area contributed by atoms with Crippen LogP contribution >= 0.6 is 22.7 Å². The summed E-state index contributed by atoms with van der Waals surface area (Å²) < 4.78 is 12.5. The molecule has 1 aromatic carbocycles. The van der Waals surface area contributed by atoms with E-state index in [9.17, 15) is 14.9 Å². The Bertz CT molecular complexity index is 1560. The number of carbonyl (C=O) groups excluding carboxylic acids is 1. The molecular formula is C23H21N7O4S2. The van der Waals surface area contributed by atoms with Gasteiger partial charge in [-0.05, 0) is 30.7 Å². The molecule has 1 amide bonds. The van der Waals surface area contributed by atoms with Crippen molar-refractivity contribution in [2.45, 2.75) is 33.3 Å². The number of aryl methyl sites for hydroxylation is 1. The van der Waals surface area contributed by atoms with Gasteiger partial charge in [0, 0.05) is 12.0 Å². The van der Waals surface area contributed by atoms with Gasteiger partial charge in [-0.1, -0.05) is 42.6 Å². The van der Waals surface area contributed by atoms with Gasteiger partial charge in [-0.3, -0.25) is 14.9 Å². The van der Waals surface area contributed by atoms with Gasteiger partial charge in [0.05, 0.1) is 12.8 Å². The molecule has 4 rings (SSSR count). The molecule has 3 heterocycles. The fourth-order valence-electron chi connectivity index (χ4n) is 3.07. The van der Waals surface area contributed by atoms with E-state index in [1.165, 1.54) is 46.4 Å². The molecule has 0 bridgehead atoms. The molecule has 0 aliphatic carbocycles. The van der Waals surface area contributed by atoms with Gasteiger partial charge < -0.3 is 9.47 Å². The van der Waals surface area contributed by atoms with Gasteiger partial charge in [0.15, 0.2) is 11.5 Å². The third kappa shape index (κ3) is 5.56. The molecule has 36 heavy (non-hydrogen) atoms. The lowest BCUT2D eigenvalue weighted by molar-refractivity contribution is -0.112. The van der Waals surface area contributed by atoms with E-state index in [2.05, 4.69) is 25.6 Å². The Labute approximate surface area is 213 Å². The van der Waals surface area contributed by atoms with E-state index in [1.807, 2.05) is 19.9 Å². The van der Waals surface area contributed by atoms with Gasteiger partial charge >= 0.3 is 0 Å². The Morgan fingerprint density at radius 1 is 1.25 bits per heavy atom. The molecule has 0 radical (unpaired) electrons. The van der Waals surface area contributed by atoms with Crippen LogP contribution in [0.15, 0.2) is 34.6 Å². The van der Waals surface area contributed by atoms with Crippen molar-refractivity contribution in [1.82, 2.24) is 24.8 Å². The number of nitrogens with zero attached hydrogens (tertiary/aromatic N) is 6. The number of hydrogen-bond acceptors (Lipinski definition) is 11. The minimum absolute atomic E-state index is 0.0420. The summed E-state index contributed by atoms with van der Waals surface area (Å²) >= 11 is 2.57. The van der Waals surface area contributed by atoms with Crippen LogP contribution in [-0.2, 0) is 11.4 Å². The van der Waals surface area contributed by atoms with E-state index in [1.54, 1.807) is 25.1 Å². The van der Waals surface area contributed by atoms with E-state index in [0.29, 0.717) is 32.8 Å². The molecule has 13 heteroatoms. The van der Waals surface area contributed by atoms with Crippen molar-refractivity contribution in [2.24, 2.45) is 0 Å². The van der Waals surface area contributed by atoms with Crippen LogP contribution in [0.3, 0.4) is 0 Å². The summed E-state index contributed by atoms with van der Waals surface area (Å²) in [6, 6.07) is 8.25. The number of aromatic nitrogens is 5. The third-order valence-corrected chi connectivity index (χ3v) is 6.76. The van der Waals surface area contributed by atoms with Crippen molar-refractivity contribution < 1.29 is 14.3 Å². The fourth-order valence-corrected chi connectivity index (χ4v) is 4.58. The normalized spacial score (nSPS) is 11.5. The smallest absolute Gasteiger partial charge is 0.275 e. The molecule has 0 aliphatic heterocycles. The fraction of sp³-hybridized carbons (Fsp3) is 0.261. The van der Waals surface area contributed by atoms with Gasteiger partial charge in [-0.2, -0.15) is 14.9 Å². The summed E-state index contributed by atoms with van der Waals surface area (Å²) in [6.45, 7) is 5.80. The minimum atomic E-state index is -0.589. The second kappa shape index (κ2) is 10.6. The van der Waals surface area contributed by atoms with Crippen LogP contribution in [0.1, 0.15) is 41.0 Å². The number of ether oxygens (including phenoxy) is 2. The predicted molar refractivity (Wildman–Crippen MR) is 135 cm³/mol. The first-order chi connectivity index (χ1) is 17.3. The number of hydrogen-bond donors (Lipinski definition) is 1. The van der Waals surface area contributed by atoms with Crippen LogP contribution < -0.4 is 20.3 Å². The minimum Gasteiger partial charge on any atom is -0.493 e. The van der Waals surface area contributed by atoms with Gasteiger partial charge in [0.2, 0.25) is 10.1 Å². The zero-order valence-electron chi connectivity index (χ0n) is 19.8. The first kappa shape index (κ1) is 25.0. The van der Waals surface area contributed by atoms with Crippen LogP contribution in [-0.4, -0.2) is 37.8 Å². The highest BCUT2D eigenvalue weighted by Gasteiger charge is 2.15. The summed E-state index contributed by atoms with van der Waals surface area (Å²) in [6.07, 6.45) is 1.44. The van der Waals surface area contributed by atoms with Crippen molar-refractivity contribution >= 4 is 44.7 Å². The van der Waals surface area contributed by atoms with E-state index < -0.39 is 5.91 Å². The summed E-state index contributed by atoms with van der Waals surface area (Å²) in [5.74, 6) is 0.396. The van der Waals surface area contributed by atoms with Gasteiger partial charge in [0.25, 0.3) is 11.5 Å². The number of benzene rings is 1. The largest absolute Gasteiger partial charge is 0.493 e. The van der Waals surface area contributed by atoms with E-state index in [-0.39, 0.29) is 23.7 Å². The quantitative estimate of drug-likeness (QED) is 0.271. The number of nitriles is 1. The number of nitrogens with one attached hydrogen (secondary N) is 1. The second-order valence-corrected chi connectivity index (χ2v) is 9.99. The lowest BCUT2D eigenvalue weighted by Crippen LogP contribution is -2.16. The topological polar surface area (TPSA) is 144 Å². The number of methoxy groups -OCH3 is 1. The highest BCUT2D eigenvalue weighted by molar-refractivity contribution is 7.16. The van der Waals surface area contributed by atoms with Crippen molar-refractivity contribution in [1.29, 1.82) is 5.26 Å². The maximum atomic E-state index is 12.6. The van der Waals surface area contributed by atoms with Crippen molar-refractivity contribution in [2.75, 3.05) is 12.4 Å². The Morgan fingerprint density at radius 3 is 2.75 bits per heavy atom. The molecule has 184 valence electrons. The summed E-state index contributed by atoms with van der Waals surface area (Å²) in [5.41, 5.74) is 0.621. The molecule has 0 fully saturated rings. The maximum Gasteiger partial charge on any atom is 0.275 e. The number of fused-ring (bicyclic) bond motifs is 1. The van der Waals surface area contributed by atoms with Gasteiger partial charge in [-0.15, -0.1) is 10.2 Å². The molecule has 0 spiro atoms. The zero-order valence-corrected chi connectivity index (χ0v) is 21.4. The van der Waals surface area contributed by atoms with Crippen molar-refractivity contribution in [3.05, 3.63) is 61.5 Å². The highest BCUT2D eigenvalue weighted by Crippen LogP contribution is 2.30. The van der Waals surface area contributed by atoms with Crippen LogP contribution in [0, 0.1) is 18.3 Å². The molecule has 0 saturated carbocycles. The molecule has 0 saturated heterocycles. The molecule has 0 atom stereocenters. The summed E-state index contributed by atoms with van der Waals surface area (Å²) in [4.78, 5) is 29.7. The highest BCUT2D eigenvalue weighted by atomic mass is 32.1. The summed E-state index contributed by atoms with van der Waals surface area (Å²) in [5, 5.41) is 26.1. The molecule has 4 aromatic rings. The molecule has 3 aromatic heterocycles. The lowest BCUT2D eigenvalue weighted by atomic mass is 10.1. The first-order valence-electron chi connectivity index (χ1n) is 10.7. The molecule has 0 aliphatic rings. The van der Waals surface area contributed by atoms with Crippen LogP contribution in [0.2, 0.25) is 0 Å². The molecule has 11 nitrogen and oxygen atoms in total. The number of rotatable bonds is 8. The summed E-state index contributed by atoms with van der Waals surface area (Å²) in [7, 11) is 1.48. The molecular weight excluding hydrogens is 502 g/mol. The Hall–Kier alpha value is -4.15. The van der Waals surface area contributed by atoms with Crippen molar-refractivity contribution in [3.8, 4) is 17.6 Å². The molecule has 1 N–H and O–H groups in total. The standard InChI is InChI=1S/C23H21N7O4S2/c1-12(2)21-27-28-22(36-21)26-20(32)15(10-24)7-14-5-6-17(18(8-14)33-4)34-11-16-9-19(31)30-23(25-16)35-13(3)29-30/h5-9,12H,11H2,1-4H3,(H,26,28,32)/b15-7-. The Kier molecular flexibility index (Phi) is 7.37. The average Bonchev–Trinajstić information content (AvgIpc) is 3.47. The van der Waals surface area contributed by atoms with Crippen LogP contribution in [0.25, 0.3) is 11.0 Å². The monoisotopic (exact) mass is 523 g/mol. The van der Waals surface area contributed by atoms with Gasteiger partial charge in [-0.25, -0.2) is 4.98 Å². The Balaban J connectivity index is 1.49. The zero-order chi connectivity index (χ0) is 25.8. The third-order valence-electron chi connectivity index (χ3n) is 4.79. The SMILES string of the molecule is COc1cc(/C=C(/C#N)C(=O)Nc2nnc(C(C)C)s2)ccc1OCc1cc(=O)n2nc(C)sc2n1. The van der Waals surface area contributed by atoms with E-state index in [4.69, 9.17) is 9.47 Å². The first-order valence-corrected chi connectivity index (χ1v) is 12.3. The lowest BCUT2D eigenvalue weighted by Gasteiger charge is -2.11. The second-order valence-electron chi connectivity index (χ2n) is 7.82. The number of carbonyl (C=O) groups is 1.